The number of hydrogen-bond donors (Lipinski definition) is 1. The molecule has 0 saturated carbocycles. The highest BCUT2D eigenvalue weighted by Crippen LogP contribution is 2.32. The van der Waals surface area contributed by atoms with E-state index in [0.29, 0.717) is 22.6 Å². The molecule has 0 fully saturated rings. The fourth-order valence-electron chi connectivity index (χ4n) is 2.52. The molecule has 5 nitrogen and oxygen atoms in total. The van der Waals surface area contributed by atoms with Gasteiger partial charge in [-0.05, 0) is 29.8 Å². The van der Waals surface area contributed by atoms with Crippen LogP contribution in [0, 0.1) is 0 Å². The van der Waals surface area contributed by atoms with Crippen molar-refractivity contribution in [3.63, 3.8) is 0 Å². The molecule has 1 aromatic heterocycles. The van der Waals surface area contributed by atoms with Crippen LogP contribution in [-0.2, 0) is 0 Å². The molecule has 3 rings (SSSR count). The highest BCUT2D eigenvalue weighted by atomic mass is 16.5. The number of H-pyrrole nitrogens is 1. The minimum atomic E-state index is -0.158. The minimum absolute atomic E-state index is 0.158. The van der Waals surface area contributed by atoms with Gasteiger partial charge < -0.3 is 19.2 Å². The molecule has 118 valence electrons. The third-order valence-electron chi connectivity index (χ3n) is 3.75. The molecular formula is C18H17NO4. The second kappa shape index (κ2) is 6.04. The Labute approximate surface area is 133 Å². The molecule has 0 aliphatic rings. The molecule has 0 radical (unpaired) electrons. The molecule has 0 atom stereocenters. The van der Waals surface area contributed by atoms with Crippen molar-refractivity contribution in [2.24, 2.45) is 0 Å². The summed E-state index contributed by atoms with van der Waals surface area (Å²) in [7, 11) is 4.75. The first-order valence-electron chi connectivity index (χ1n) is 7.09. The summed E-state index contributed by atoms with van der Waals surface area (Å²) in [6.07, 6.45) is 0. The van der Waals surface area contributed by atoms with E-state index in [0.717, 1.165) is 16.7 Å². The fraction of sp³-hybridized carbons (Fsp3) is 0.167. The van der Waals surface area contributed by atoms with Gasteiger partial charge in [-0.15, -0.1) is 0 Å². The normalized spacial score (nSPS) is 10.6. The van der Waals surface area contributed by atoms with E-state index in [1.807, 2.05) is 36.4 Å². The van der Waals surface area contributed by atoms with E-state index in [2.05, 4.69) is 4.98 Å². The zero-order chi connectivity index (χ0) is 16.4. The summed E-state index contributed by atoms with van der Waals surface area (Å²) < 4.78 is 15.7. The quantitative estimate of drug-likeness (QED) is 0.803. The monoisotopic (exact) mass is 311 g/mol. The van der Waals surface area contributed by atoms with Gasteiger partial charge in [-0.25, -0.2) is 0 Å². The molecule has 0 spiro atoms. The smallest absolute Gasteiger partial charge is 0.256 e. The highest BCUT2D eigenvalue weighted by Gasteiger charge is 2.10. The van der Waals surface area contributed by atoms with Crippen molar-refractivity contribution in [3.05, 3.63) is 52.8 Å². The van der Waals surface area contributed by atoms with Gasteiger partial charge in [0.05, 0.1) is 26.8 Å². The van der Waals surface area contributed by atoms with Crippen LogP contribution in [0.2, 0.25) is 0 Å². The lowest BCUT2D eigenvalue weighted by molar-refractivity contribution is 0.356. The zero-order valence-electron chi connectivity index (χ0n) is 13.2. The Hall–Kier alpha value is -2.95. The van der Waals surface area contributed by atoms with Gasteiger partial charge in [0.1, 0.15) is 5.75 Å². The van der Waals surface area contributed by atoms with Crippen LogP contribution in [-0.4, -0.2) is 26.3 Å². The molecule has 0 saturated heterocycles. The van der Waals surface area contributed by atoms with E-state index in [9.17, 15) is 4.79 Å². The summed E-state index contributed by atoms with van der Waals surface area (Å²) in [6, 6.07) is 12.8. The molecule has 23 heavy (non-hydrogen) atoms. The van der Waals surface area contributed by atoms with Crippen molar-refractivity contribution in [3.8, 4) is 28.4 Å². The van der Waals surface area contributed by atoms with E-state index in [-0.39, 0.29) is 5.56 Å². The molecule has 0 unspecified atom stereocenters. The highest BCUT2D eigenvalue weighted by molar-refractivity contribution is 5.86. The van der Waals surface area contributed by atoms with Crippen LogP contribution in [0.5, 0.6) is 17.2 Å². The lowest BCUT2D eigenvalue weighted by Crippen LogP contribution is -2.08. The van der Waals surface area contributed by atoms with Crippen molar-refractivity contribution in [1.29, 1.82) is 0 Å². The number of fused-ring (bicyclic) bond motifs is 1. The van der Waals surface area contributed by atoms with Gasteiger partial charge in [0.15, 0.2) is 11.5 Å². The summed E-state index contributed by atoms with van der Waals surface area (Å²) in [6.45, 7) is 0. The summed E-state index contributed by atoms with van der Waals surface area (Å²) in [4.78, 5) is 15.3. The maximum absolute atomic E-state index is 12.4. The molecule has 0 aliphatic heterocycles. The topological polar surface area (TPSA) is 60.6 Å². The number of methoxy groups -OCH3 is 3. The molecule has 0 bridgehead atoms. The van der Waals surface area contributed by atoms with Crippen molar-refractivity contribution in [2.75, 3.05) is 21.3 Å². The number of aromatic nitrogens is 1. The Kier molecular flexibility index (Phi) is 3.93. The maximum atomic E-state index is 12.4. The van der Waals surface area contributed by atoms with Crippen LogP contribution >= 0.6 is 0 Å². The number of nitrogens with one attached hydrogen (secondary N) is 1. The lowest BCUT2D eigenvalue weighted by atomic mass is 10.0. The summed E-state index contributed by atoms with van der Waals surface area (Å²) in [5.74, 6) is 1.94. The first-order chi connectivity index (χ1) is 11.2. The number of hydrogen-bond acceptors (Lipinski definition) is 4. The van der Waals surface area contributed by atoms with Gasteiger partial charge in [0.2, 0.25) is 0 Å². The van der Waals surface area contributed by atoms with Crippen molar-refractivity contribution >= 4 is 10.9 Å². The molecule has 5 heteroatoms. The van der Waals surface area contributed by atoms with Crippen LogP contribution in [0.4, 0.5) is 0 Å². The molecule has 0 amide bonds. The lowest BCUT2D eigenvalue weighted by Gasteiger charge is -2.10. The Morgan fingerprint density at radius 3 is 2.09 bits per heavy atom. The third kappa shape index (κ3) is 2.73. The van der Waals surface area contributed by atoms with Gasteiger partial charge in [0, 0.05) is 17.0 Å². The van der Waals surface area contributed by atoms with E-state index in [4.69, 9.17) is 14.2 Å². The van der Waals surface area contributed by atoms with E-state index < -0.39 is 0 Å². The van der Waals surface area contributed by atoms with Crippen LogP contribution in [0.3, 0.4) is 0 Å². The van der Waals surface area contributed by atoms with Crippen LogP contribution in [0.15, 0.2) is 47.3 Å². The molecule has 2 aromatic carbocycles. The number of ether oxygens (including phenoxy) is 3. The Morgan fingerprint density at radius 1 is 0.826 bits per heavy atom. The largest absolute Gasteiger partial charge is 0.497 e. The van der Waals surface area contributed by atoms with E-state index in [1.165, 1.54) is 0 Å². The molecular weight excluding hydrogens is 294 g/mol. The van der Waals surface area contributed by atoms with Gasteiger partial charge in [0.25, 0.3) is 5.56 Å². The van der Waals surface area contributed by atoms with E-state index in [1.54, 1.807) is 27.4 Å². The predicted molar refractivity (Wildman–Crippen MR) is 89.7 cm³/mol. The zero-order valence-corrected chi connectivity index (χ0v) is 13.2. The van der Waals surface area contributed by atoms with E-state index >= 15 is 0 Å². The summed E-state index contributed by atoms with van der Waals surface area (Å²) in [5.41, 5.74) is 1.95. The standard InChI is InChI=1S/C18H17NO4/c1-21-13-6-4-11(5-7-13)14-8-12-9-16(22-2)17(23-3)10-15(12)19-18(14)20/h4-10H,1-3H3,(H,19,20). The minimum Gasteiger partial charge on any atom is -0.497 e. The number of aromatic amines is 1. The van der Waals surface area contributed by atoms with Gasteiger partial charge in [-0.2, -0.15) is 0 Å². The second-order valence-electron chi connectivity index (χ2n) is 5.04. The van der Waals surface area contributed by atoms with Crippen LogP contribution < -0.4 is 19.8 Å². The average Bonchev–Trinajstić information content (AvgIpc) is 2.60. The average molecular weight is 311 g/mol. The fourth-order valence-corrected chi connectivity index (χ4v) is 2.52. The van der Waals surface area contributed by atoms with Crippen molar-refractivity contribution in [1.82, 2.24) is 4.98 Å². The predicted octanol–water partition coefficient (Wildman–Crippen LogP) is 3.22. The van der Waals surface area contributed by atoms with Crippen LogP contribution in [0.1, 0.15) is 0 Å². The summed E-state index contributed by atoms with van der Waals surface area (Å²) in [5, 5.41) is 0.869. The third-order valence-corrected chi connectivity index (χ3v) is 3.75. The molecule has 1 N–H and O–H groups in total. The van der Waals surface area contributed by atoms with Crippen LogP contribution in [0.25, 0.3) is 22.0 Å². The Morgan fingerprint density at radius 2 is 1.48 bits per heavy atom. The first-order valence-corrected chi connectivity index (χ1v) is 7.09. The van der Waals surface area contributed by atoms with Gasteiger partial charge in [-0.3, -0.25) is 4.79 Å². The SMILES string of the molecule is COc1ccc(-c2cc3cc(OC)c(OC)cc3[nH]c2=O)cc1. The molecule has 3 aromatic rings. The Balaban J connectivity index is 2.17. The van der Waals surface area contributed by atoms with Crippen molar-refractivity contribution < 1.29 is 14.2 Å². The summed E-state index contributed by atoms with van der Waals surface area (Å²) >= 11 is 0. The first kappa shape index (κ1) is 15.0. The Bertz CT molecular complexity index is 897. The number of benzene rings is 2. The maximum Gasteiger partial charge on any atom is 0.256 e. The van der Waals surface area contributed by atoms with Crippen molar-refractivity contribution in [2.45, 2.75) is 0 Å². The second-order valence-corrected chi connectivity index (χ2v) is 5.04. The van der Waals surface area contributed by atoms with Gasteiger partial charge in [-0.1, -0.05) is 12.1 Å². The molecule has 1 heterocycles. The number of rotatable bonds is 4. The molecule has 0 aliphatic carbocycles. The number of pyridine rings is 1. The van der Waals surface area contributed by atoms with Gasteiger partial charge >= 0.3 is 0 Å².